The number of hydrogen-bond acceptors (Lipinski definition) is 4. The highest BCUT2D eigenvalue weighted by Gasteiger charge is 2.20. The Morgan fingerprint density at radius 3 is 2.75 bits per heavy atom. The smallest absolute Gasteiger partial charge is 0.339 e. The molecule has 0 heterocycles. The molecule has 5 heteroatoms. The Hall–Kier alpha value is -1.10. The number of hydroxylamine groups is 1. The summed E-state index contributed by atoms with van der Waals surface area (Å²) < 4.78 is 0. The van der Waals surface area contributed by atoms with E-state index in [1.807, 2.05) is 13.8 Å². The molecule has 1 amide bonds. The van der Waals surface area contributed by atoms with Crippen LogP contribution in [0.25, 0.3) is 0 Å². The van der Waals surface area contributed by atoms with Crippen molar-refractivity contribution in [3.8, 4) is 0 Å². The Morgan fingerprint density at radius 1 is 1.75 bits per heavy atom. The van der Waals surface area contributed by atoms with Gasteiger partial charge in [-0.1, -0.05) is 20.3 Å². The Kier molecular flexibility index (Phi) is 5.03. The van der Waals surface area contributed by atoms with Crippen molar-refractivity contribution in [1.82, 2.24) is 5.48 Å². The highest BCUT2D eigenvalue weighted by molar-refractivity contribution is 5.76. The fourth-order valence-electron chi connectivity index (χ4n) is 0.636. The maximum atomic E-state index is 10.9. The Labute approximate surface area is 71.2 Å². The van der Waals surface area contributed by atoms with E-state index < -0.39 is 12.0 Å². The van der Waals surface area contributed by atoms with Gasteiger partial charge in [-0.2, -0.15) is 5.48 Å². The molecule has 2 atom stereocenters. The molecule has 0 aromatic heterocycles. The monoisotopic (exact) mass is 174 g/mol. The number of rotatable bonds is 5. The number of amides is 1. The van der Waals surface area contributed by atoms with Gasteiger partial charge in [0.25, 0.3) is 0 Å². The van der Waals surface area contributed by atoms with E-state index in [9.17, 15) is 9.59 Å². The zero-order valence-electron chi connectivity index (χ0n) is 7.24. The van der Waals surface area contributed by atoms with Crippen LogP contribution in [0.3, 0.4) is 0 Å². The second-order valence-electron chi connectivity index (χ2n) is 2.57. The molecule has 0 aromatic carbocycles. The molecule has 0 unspecified atom stereocenters. The molecule has 12 heavy (non-hydrogen) atoms. The lowest BCUT2D eigenvalue weighted by Gasteiger charge is -2.15. The summed E-state index contributed by atoms with van der Waals surface area (Å²) >= 11 is 0. The molecule has 0 aromatic rings. The largest absolute Gasteiger partial charge is 0.349 e. The molecule has 0 aliphatic carbocycles. The number of nitrogens with two attached hydrogens (primary N) is 1. The fourth-order valence-corrected chi connectivity index (χ4v) is 0.636. The quantitative estimate of drug-likeness (QED) is 0.437. The number of nitrogens with one attached hydrogen (secondary N) is 1. The highest BCUT2D eigenvalue weighted by atomic mass is 16.7. The van der Waals surface area contributed by atoms with Gasteiger partial charge in [-0.15, -0.1) is 0 Å². The van der Waals surface area contributed by atoms with Gasteiger partial charge in [0.1, 0.15) is 6.04 Å². The molecule has 0 spiro atoms. The molecule has 0 aliphatic rings. The zero-order valence-corrected chi connectivity index (χ0v) is 7.24. The van der Waals surface area contributed by atoms with Gasteiger partial charge >= 0.3 is 5.97 Å². The van der Waals surface area contributed by atoms with Crippen LogP contribution in [0.5, 0.6) is 0 Å². The maximum Gasteiger partial charge on any atom is 0.349 e. The standard InChI is InChI=1S/C7H14N2O3/c1-3-5(2)6(8)7(11)12-9-4-10/h4-6H,3,8H2,1-2H3,(H,9,10)/t5-,6-/m0/s1. The van der Waals surface area contributed by atoms with E-state index in [2.05, 4.69) is 4.84 Å². The zero-order chi connectivity index (χ0) is 9.56. The number of hydrogen-bond donors (Lipinski definition) is 2. The second-order valence-corrected chi connectivity index (χ2v) is 2.57. The van der Waals surface area contributed by atoms with Gasteiger partial charge in [-0.25, -0.2) is 4.79 Å². The van der Waals surface area contributed by atoms with Crippen molar-refractivity contribution in [2.24, 2.45) is 11.7 Å². The van der Waals surface area contributed by atoms with Crippen LogP contribution in [0.2, 0.25) is 0 Å². The number of carbonyl (C=O) groups is 2. The topological polar surface area (TPSA) is 81.4 Å². The van der Waals surface area contributed by atoms with Crippen molar-refractivity contribution in [3.05, 3.63) is 0 Å². The van der Waals surface area contributed by atoms with Crippen molar-refractivity contribution in [2.45, 2.75) is 26.3 Å². The first-order chi connectivity index (χ1) is 5.63. The molecular weight excluding hydrogens is 160 g/mol. The molecular formula is C7H14N2O3. The van der Waals surface area contributed by atoms with Crippen molar-refractivity contribution in [3.63, 3.8) is 0 Å². The fraction of sp³-hybridized carbons (Fsp3) is 0.714. The summed E-state index contributed by atoms with van der Waals surface area (Å²) in [5.41, 5.74) is 7.28. The minimum Gasteiger partial charge on any atom is -0.339 e. The van der Waals surface area contributed by atoms with E-state index >= 15 is 0 Å². The Morgan fingerprint density at radius 2 is 2.33 bits per heavy atom. The summed E-state index contributed by atoms with van der Waals surface area (Å²) in [6.45, 7) is 3.76. The molecule has 0 radical (unpaired) electrons. The summed E-state index contributed by atoms with van der Waals surface area (Å²) in [4.78, 5) is 25.0. The van der Waals surface area contributed by atoms with E-state index in [0.717, 1.165) is 6.42 Å². The first kappa shape index (κ1) is 10.9. The molecule has 0 bridgehead atoms. The summed E-state index contributed by atoms with van der Waals surface area (Å²) in [6.07, 6.45) is 1.07. The van der Waals surface area contributed by atoms with E-state index in [4.69, 9.17) is 5.73 Å². The van der Waals surface area contributed by atoms with Crippen LogP contribution in [-0.4, -0.2) is 18.4 Å². The Bertz CT molecular complexity index is 161. The first-order valence-electron chi connectivity index (χ1n) is 3.78. The minimum absolute atomic E-state index is 0.0472. The molecule has 0 fully saturated rings. The third-order valence-electron chi connectivity index (χ3n) is 1.74. The lowest BCUT2D eigenvalue weighted by molar-refractivity contribution is -0.157. The van der Waals surface area contributed by atoms with Crippen LogP contribution >= 0.6 is 0 Å². The van der Waals surface area contributed by atoms with Crippen molar-refractivity contribution >= 4 is 12.4 Å². The average molecular weight is 174 g/mol. The normalized spacial score (nSPS) is 14.6. The van der Waals surface area contributed by atoms with Crippen molar-refractivity contribution < 1.29 is 14.4 Å². The summed E-state index contributed by atoms with van der Waals surface area (Å²) in [6, 6.07) is -0.678. The SMILES string of the molecule is CC[C@H](C)[C@H](N)C(=O)ONC=O. The summed E-state index contributed by atoms with van der Waals surface area (Å²) in [5, 5.41) is 0. The van der Waals surface area contributed by atoms with Gasteiger partial charge < -0.3 is 10.6 Å². The van der Waals surface area contributed by atoms with E-state index in [1.54, 1.807) is 5.48 Å². The van der Waals surface area contributed by atoms with Crippen molar-refractivity contribution in [2.75, 3.05) is 0 Å². The third kappa shape index (κ3) is 3.34. The summed E-state index contributed by atoms with van der Waals surface area (Å²) in [5.74, 6) is -0.567. The van der Waals surface area contributed by atoms with E-state index in [-0.39, 0.29) is 12.3 Å². The first-order valence-corrected chi connectivity index (χ1v) is 3.78. The third-order valence-corrected chi connectivity index (χ3v) is 1.74. The van der Waals surface area contributed by atoms with Crippen LogP contribution in [0.15, 0.2) is 0 Å². The molecule has 3 N–H and O–H groups in total. The molecule has 0 aliphatic heterocycles. The van der Waals surface area contributed by atoms with Crippen LogP contribution in [-0.2, 0) is 14.4 Å². The van der Waals surface area contributed by atoms with Gasteiger partial charge in [0.15, 0.2) is 0 Å². The van der Waals surface area contributed by atoms with Gasteiger partial charge in [0.2, 0.25) is 6.41 Å². The summed E-state index contributed by atoms with van der Waals surface area (Å²) in [7, 11) is 0. The Balaban J connectivity index is 3.83. The van der Waals surface area contributed by atoms with Gasteiger partial charge in [0, 0.05) is 0 Å². The van der Waals surface area contributed by atoms with E-state index in [0.29, 0.717) is 0 Å². The van der Waals surface area contributed by atoms with Crippen LogP contribution < -0.4 is 11.2 Å². The molecule has 0 saturated heterocycles. The van der Waals surface area contributed by atoms with Crippen LogP contribution in [0, 0.1) is 5.92 Å². The van der Waals surface area contributed by atoms with E-state index in [1.165, 1.54) is 0 Å². The molecule has 70 valence electrons. The molecule has 5 nitrogen and oxygen atoms in total. The van der Waals surface area contributed by atoms with Gasteiger partial charge in [-0.3, -0.25) is 4.79 Å². The van der Waals surface area contributed by atoms with Crippen molar-refractivity contribution in [1.29, 1.82) is 0 Å². The lowest BCUT2D eigenvalue weighted by atomic mass is 10.0. The average Bonchev–Trinajstić information content (AvgIpc) is 2.11. The number of carbonyl (C=O) groups excluding carboxylic acids is 2. The minimum atomic E-state index is -0.678. The molecule has 0 rings (SSSR count). The predicted octanol–water partition coefficient (Wildman–Crippen LogP) is -0.436. The van der Waals surface area contributed by atoms with Gasteiger partial charge in [-0.05, 0) is 5.92 Å². The second kappa shape index (κ2) is 5.54. The van der Waals surface area contributed by atoms with Crippen LogP contribution in [0.4, 0.5) is 0 Å². The molecule has 0 saturated carbocycles. The van der Waals surface area contributed by atoms with Crippen LogP contribution in [0.1, 0.15) is 20.3 Å². The maximum absolute atomic E-state index is 10.9. The predicted molar refractivity (Wildman–Crippen MR) is 42.7 cm³/mol. The van der Waals surface area contributed by atoms with Gasteiger partial charge in [0.05, 0.1) is 0 Å². The lowest BCUT2D eigenvalue weighted by Crippen LogP contribution is -2.40. The highest BCUT2D eigenvalue weighted by Crippen LogP contribution is 2.05.